The summed E-state index contributed by atoms with van der Waals surface area (Å²) in [4.78, 5) is 51.8. The van der Waals surface area contributed by atoms with Gasteiger partial charge in [0.1, 0.15) is 0 Å². The van der Waals surface area contributed by atoms with E-state index in [-0.39, 0.29) is 24.8 Å². The van der Waals surface area contributed by atoms with Crippen LogP contribution >= 0.6 is 11.6 Å². The molecule has 1 aliphatic rings. The number of anilines is 1. The van der Waals surface area contributed by atoms with E-state index in [9.17, 15) is 19.2 Å². The van der Waals surface area contributed by atoms with Gasteiger partial charge < -0.3 is 15.6 Å². The van der Waals surface area contributed by atoms with Crippen molar-refractivity contribution in [3.8, 4) is 0 Å². The highest BCUT2D eigenvalue weighted by Crippen LogP contribution is 2.36. The monoisotopic (exact) mass is 480 g/mol. The Morgan fingerprint density at radius 2 is 1.85 bits per heavy atom. The van der Waals surface area contributed by atoms with Crippen LogP contribution in [0.1, 0.15) is 37.3 Å². The molecule has 0 spiro atoms. The molecule has 34 heavy (non-hydrogen) atoms. The molecule has 1 atom stereocenters. The normalized spacial score (nSPS) is 17.9. The first kappa shape index (κ1) is 23.5. The van der Waals surface area contributed by atoms with E-state index in [1.807, 2.05) is 25.3 Å². The van der Waals surface area contributed by atoms with Crippen LogP contribution < -0.4 is 16.0 Å². The molecule has 1 aromatic heterocycles. The predicted molar refractivity (Wildman–Crippen MR) is 129 cm³/mol. The number of imide groups is 1. The van der Waals surface area contributed by atoms with Gasteiger partial charge >= 0.3 is 11.8 Å². The molecule has 2 heterocycles. The summed E-state index contributed by atoms with van der Waals surface area (Å²) in [5.74, 6) is -2.09. The minimum Gasteiger partial charge on any atom is -0.361 e. The average molecular weight is 481 g/mol. The fraction of sp³-hybridized carbons (Fsp3) is 0.280. The van der Waals surface area contributed by atoms with Gasteiger partial charge in [-0.3, -0.25) is 24.5 Å². The summed E-state index contributed by atoms with van der Waals surface area (Å²) >= 11 is 6.06. The van der Waals surface area contributed by atoms with Gasteiger partial charge in [0.2, 0.25) is 11.8 Å². The molecular weight excluding hydrogens is 456 g/mol. The van der Waals surface area contributed by atoms with Crippen LogP contribution in [0.4, 0.5) is 5.69 Å². The molecule has 3 aromatic rings. The lowest BCUT2D eigenvalue weighted by Gasteiger charge is -2.35. The van der Waals surface area contributed by atoms with E-state index in [1.54, 1.807) is 30.3 Å². The number of amides is 4. The summed E-state index contributed by atoms with van der Waals surface area (Å²) in [6, 6.07) is 12.3. The van der Waals surface area contributed by atoms with Crippen LogP contribution in [-0.2, 0) is 31.0 Å². The lowest BCUT2D eigenvalue weighted by atomic mass is 9.72. The van der Waals surface area contributed by atoms with Crippen molar-refractivity contribution < 1.29 is 19.2 Å². The van der Waals surface area contributed by atoms with Gasteiger partial charge in [0.25, 0.3) is 0 Å². The number of halogens is 1. The molecule has 4 amide bonds. The molecular formula is C25H25ClN4O4. The van der Waals surface area contributed by atoms with E-state index in [1.165, 1.54) is 0 Å². The van der Waals surface area contributed by atoms with Gasteiger partial charge in [-0.1, -0.05) is 30.7 Å². The third-order valence-corrected chi connectivity index (χ3v) is 6.62. The van der Waals surface area contributed by atoms with E-state index in [0.717, 1.165) is 22.0 Å². The maximum absolute atomic E-state index is 12.5. The number of H-pyrrole nitrogens is 1. The Kier molecular flexibility index (Phi) is 6.70. The van der Waals surface area contributed by atoms with Crippen LogP contribution in [0.25, 0.3) is 10.9 Å². The average Bonchev–Trinajstić information content (AvgIpc) is 3.22. The van der Waals surface area contributed by atoms with Gasteiger partial charge in [0.05, 0.1) is 5.41 Å². The first-order valence-electron chi connectivity index (χ1n) is 11.1. The van der Waals surface area contributed by atoms with E-state index in [0.29, 0.717) is 30.0 Å². The van der Waals surface area contributed by atoms with Gasteiger partial charge in [-0.05, 0) is 60.7 Å². The SMILES string of the molecule is CC[C@]1(c2ccc(NC(=O)C(=O)NCCc3c[nH]c4ccc(Cl)cc34)cc2)CCC(=O)NC1=O. The summed E-state index contributed by atoms with van der Waals surface area (Å²) in [7, 11) is 0. The molecule has 9 heteroatoms. The van der Waals surface area contributed by atoms with Crippen molar-refractivity contribution >= 4 is 51.8 Å². The molecule has 2 aromatic carbocycles. The third-order valence-electron chi connectivity index (χ3n) is 6.38. The zero-order valence-corrected chi connectivity index (χ0v) is 19.4. The van der Waals surface area contributed by atoms with Gasteiger partial charge in [0, 0.05) is 40.8 Å². The van der Waals surface area contributed by atoms with Crippen LogP contribution in [0.2, 0.25) is 5.02 Å². The molecule has 1 saturated heterocycles. The van der Waals surface area contributed by atoms with Crippen molar-refractivity contribution in [3.05, 3.63) is 64.8 Å². The summed E-state index contributed by atoms with van der Waals surface area (Å²) in [5, 5.41) is 9.22. The Morgan fingerprint density at radius 1 is 1.09 bits per heavy atom. The number of carbonyl (C=O) groups is 4. The van der Waals surface area contributed by atoms with Crippen molar-refractivity contribution in [2.24, 2.45) is 0 Å². The molecule has 0 unspecified atom stereocenters. The predicted octanol–water partition coefficient (Wildman–Crippen LogP) is 3.20. The number of fused-ring (bicyclic) bond motifs is 1. The Bertz CT molecular complexity index is 1270. The van der Waals surface area contributed by atoms with Gasteiger partial charge in [-0.2, -0.15) is 0 Å². The minimum absolute atomic E-state index is 0.266. The molecule has 4 rings (SSSR count). The first-order valence-corrected chi connectivity index (χ1v) is 11.5. The number of hydrogen-bond acceptors (Lipinski definition) is 4. The van der Waals surface area contributed by atoms with Crippen LogP contribution in [0, 0.1) is 0 Å². The van der Waals surface area contributed by atoms with E-state index in [2.05, 4.69) is 20.9 Å². The molecule has 0 saturated carbocycles. The molecule has 8 nitrogen and oxygen atoms in total. The highest BCUT2D eigenvalue weighted by Gasteiger charge is 2.42. The quantitative estimate of drug-likeness (QED) is 0.320. The number of hydrogen-bond donors (Lipinski definition) is 4. The Balaban J connectivity index is 1.33. The molecule has 0 bridgehead atoms. The highest BCUT2D eigenvalue weighted by atomic mass is 35.5. The van der Waals surface area contributed by atoms with E-state index >= 15 is 0 Å². The van der Waals surface area contributed by atoms with Gasteiger partial charge in [-0.25, -0.2) is 0 Å². The molecule has 1 aliphatic heterocycles. The topological polar surface area (TPSA) is 120 Å². The third kappa shape index (κ3) is 4.68. The van der Waals surface area contributed by atoms with Crippen LogP contribution in [0.15, 0.2) is 48.7 Å². The fourth-order valence-electron chi connectivity index (χ4n) is 4.38. The number of benzene rings is 2. The summed E-state index contributed by atoms with van der Waals surface area (Å²) < 4.78 is 0. The zero-order valence-electron chi connectivity index (χ0n) is 18.7. The Labute approximate surface area is 201 Å². The zero-order chi connectivity index (χ0) is 24.3. The standard InChI is InChI=1S/C25H25ClN4O4/c1-2-25(11-9-21(31)30-24(25)34)16-3-6-18(7-4-16)29-23(33)22(32)27-12-10-15-14-28-20-8-5-17(26)13-19(15)20/h3-8,13-14,28H,2,9-12H2,1H3,(H,27,32)(H,29,33)(H,30,31,34)/t25-/m1/s1. The highest BCUT2D eigenvalue weighted by molar-refractivity contribution is 6.39. The second-order valence-corrected chi connectivity index (χ2v) is 8.79. The lowest BCUT2D eigenvalue weighted by molar-refractivity contribution is -0.138. The summed E-state index contributed by atoms with van der Waals surface area (Å²) in [5.41, 5.74) is 2.37. The lowest BCUT2D eigenvalue weighted by Crippen LogP contribution is -2.51. The van der Waals surface area contributed by atoms with Crippen molar-refractivity contribution in [3.63, 3.8) is 0 Å². The smallest absolute Gasteiger partial charge is 0.313 e. The summed E-state index contributed by atoms with van der Waals surface area (Å²) in [6.07, 6.45) is 3.66. The van der Waals surface area contributed by atoms with Gasteiger partial charge in [-0.15, -0.1) is 0 Å². The molecule has 0 radical (unpaired) electrons. The molecule has 0 aliphatic carbocycles. The number of carbonyl (C=O) groups excluding carboxylic acids is 4. The van der Waals surface area contributed by atoms with Gasteiger partial charge in [0.15, 0.2) is 0 Å². The number of rotatable bonds is 6. The van der Waals surface area contributed by atoms with Crippen molar-refractivity contribution in [2.75, 3.05) is 11.9 Å². The molecule has 4 N–H and O–H groups in total. The first-order chi connectivity index (χ1) is 16.3. The second-order valence-electron chi connectivity index (χ2n) is 8.35. The molecule has 1 fully saturated rings. The van der Waals surface area contributed by atoms with Crippen molar-refractivity contribution in [1.82, 2.24) is 15.6 Å². The number of piperidine rings is 1. The van der Waals surface area contributed by atoms with Crippen LogP contribution in [-0.4, -0.2) is 35.2 Å². The second kappa shape index (κ2) is 9.69. The Morgan fingerprint density at radius 3 is 2.56 bits per heavy atom. The number of nitrogens with one attached hydrogen (secondary N) is 4. The van der Waals surface area contributed by atoms with E-state index in [4.69, 9.17) is 11.6 Å². The maximum Gasteiger partial charge on any atom is 0.313 e. The van der Waals surface area contributed by atoms with E-state index < -0.39 is 17.2 Å². The Hall–Kier alpha value is -3.65. The van der Waals surface area contributed by atoms with Crippen LogP contribution in [0.3, 0.4) is 0 Å². The molecule has 176 valence electrons. The number of aromatic amines is 1. The minimum atomic E-state index is -0.777. The summed E-state index contributed by atoms with van der Waals surface area (Å²) in [6.45, 7) is 2.19. The van der Waals surface area contributed by atoms with Crippen molar-refractivity contribution in [1.29, 1.82) is 0 Å². The maximum atomic E-state index is 12.5. The van der Waals surface area contributed by atoms with Crippen molar-refractivity contribution in [2.45, 2.75) is 38.0 Å². The number of aromatic nitrogens is 1. The largest absolute Gasteiger partial charge is 0.361 e. The fourth-order valence-corrected chi connectivity index (χ4v) is 4.55. The van der Waals surface area contributed by atoms with Crippen LogP contribution in [0.5, 0.6) is 0 Å².